The topological polar surface area (TPSA) is 58.6 Å². The first kappa shape index (κ1) is 18.0. The van der Waals surface area contributed by atoms with Crippen LogP contribution in [-0.4, -0.2) is 54.1 Å². The van der Waals surface area contributed by atoms with E-state index < -0.39 is 0 Å². The number of ether oxygens (including phenoxy) is 1. The molecule has 0 aliphatic carbocycles. The van der Waals surface area contributed by atoms with Gasteiger partial charge in [0.15, 0.2) is 0 Å². The van der Waals surface area contributed by atoms with E-state index in [0.29, 0.717) is 18.7 Å². The highest BCUT2D eigenvalue weighted by atomic mass is 16.5. The van der Waals surface area contributed by atoms with Crippen molar-refractivity contribution in [3.05, 3.63) is 72.7 Å². The fraction of sp³-hybridized carbons (Fsp3) is 0.227. The number of piperazine rings is 1. The number of methoxy groups -OCH3 is 1. The quantitative estimate of drug-likeness (QED) is 0.702. The Morgan fingerprint density at radius 3 is 2.46 bits per heavy atom. The van der Waals surface area contributed by atoms with Gasteiger partial charge < -0.3 is 14.5 Å². The van der Waals surface area contributed by atoms with Crippen LogP contribution in [0.15, 0.2) is 67.1 Å². The number of nitrogens with zero attached hydrogens (tertiary/aromatic N) is 4. The van der Waals surface area contributed by atoms with Crippen molar-refractivity contribution in [3.63, 3.8) is 0 Å². The molecule has 1 aromatic carbocycles. The fourth-order valence-corrected chi connectivity index (χ4v) is 3.43. The molecule has 3 heterocycles. The molecule has 0 unspecified atom stereocenters. The van der Waals surface area contributed by atoms with E-state index in [-0.39, 0.29) is 5.91 Å². The molecular weight excluding hydrogens is 352 g/mol. The lowest BCUT2D eigenvalue weighted by atomic mass is 10.1. The van der Waals surface area contributed by atoms with E-state index in [1.54, 1.807) is 25.7 Å². The molecule has 1 saturated heterocycles. The number of benzene rings is 1. The van der Waals surface area contributed by atoms with Crippen LogP contribution in [0.25, 0.3) is 11.3 Å². The fourth-order valence-electron chi connectivity index (χ4n) is 3.43. The molecule has 142 valence electrons. The first-order valence-corrected chi connectivity index (χ1v) is 9.30. The summed E-state index contributed by atoms with van der Waals surface area (Å²) < 4.78 is 5.45. The first-order valence-electron chi connectivity index (χ1n) is 9.30. The Bertz CT molecular complexity index is 936. The van der Waals surface area contributed by atoms with Crippen molar-refractivity contribution in [2.24, 2.45) is 0 Å². The minimum Gasteiger partial charge on any atom is -0.495 e. The minimum absolute atomic E-state index is 0.0184. The number of amides is 1. The van der Waals surface area contributed by atoms with Gasteiger partial charge in [0.25, 0.3) is 5.91 Å². The third kappa shape index (κ3) is 3.67. The smallest absolute Gasteiger partial charge is 0.255 e. The summed E-state index contributed by atoms with van der Waals surface area (Å²) in [6.07, 6.45) is 5.14. The van der Waals surface area contributed by atoms with Gasteiger partial charge in [-0.15, -0.1) is 0 Å². The van der Waals surface area contributed by atoms with Crippen molar-refractivity contribution >= 4 is 11.6 Å². The lowest BCUT2D eigenvalue weighted by Gasteiger charge is -2.36. The van der Waals surface area contributed by atoms with Crippen LogP contribution in [0.3, 0.4) is 0 Å². The SMILES string of the molecule is COc1ccccc1N1CCN(C(=O)c2ccc(-c3cccnc3)nc2)CC1. The molecule has 3 aromatic rings. The number of carbonyl (C=O) groups excluding carboxylic acids is 1. The third-order valence-corrected chi connectivity index (χ3v) is 4.96. The highest BCUT2D eigenvalue weighted by molar-refractivity contribution is 5.94. The lowest BCUT2D eigenvalue weighted by Crippen LogP contribution is -2.48. The monoisotopic (exact) mass is 374 g/mol. The molecule has 2 aromatic heterocycles. The molecule has 0 radical (unpaired) electrons. The lowest BCUT2D eigenvalue weighted by molar-refractivity contribution is 0.0746. The van der Waals surface area contributed by atoms with E-state index in [1.165, 1.54) is 0 Å². The van der Waals surface area contributed by atoms with Gasteiger partial charge in [0.2, 0.25) is 0 Å². The number of carbonyl (C=O) groups is 1. The summed E-state index contributed by atoms with van der Waals surface area (Å²) in [5.41, 5.74) is 3.43. The average Bonchev–Trinajstić information content (AvgIpc) is 2.79. The summed E-state index contributed by atoms with van der Waals surface area (Å²) in [5.74, 6) is 0.877. The molecule has 0 N–H and O–H groups in total. The van der Waals surface area contributed by atoms with Gasteiger partial charge in [-0.2, -0.15) is 0 Å². The molecule has 1 aliphatic rings. The van der Waals surface area contributed by atoms with Crippen LogP contribution in [0.4, 0.5) is 5.69 Å². The van der Waals surface area contributed by atoms with Gasteiger partial charge in [0.05, 0.1) is 24.1 Å². The minimum atomic E-state index is 0.0184. The van der Waals surface area contributed by atoms with Gasteiger partial charge >= 0.3 is 0 Å². The number of para-hydroxylation sites is 2. The Balaban J connectivity index is 1.41. The molecule has 0 atom stereocenters. The molecule has 28 heavy (non-hydrogen) atoms. The van der Waals surface area contributed by atoms with Gasteiger partial charge in [-0.1, -0.05) is 12.1 Å². The zero-order chi connectivity index (χ0) is 19.3. The van der Waals surface area contributed by atoms with Crippen molar-refractivity contribution in [2.75, 3.05) is 38.2 Å². The van der Waals surface area contributed by atoms with Crippen molar-refractivity contribution < 1.29 is 9.53 Å². The van der Waals surface area contributed by atoms with Crippen molar-refractivity contribution in [3.8, 4) is 17.0 Å². The van der Waals surface area contributed by atoms with E-state index in [0.717, 1.165) is 35.8 Å². The van der Waals surface area contributed by atoms with Gasteiger partial charge in [0.1, 0.15) is 5.75 Å². The van der Waals surface area contributed by atoms with Crippen molar-refractivity contribution in [1.29, 1.82) is 0 Å². The average molecular weight is 374 g/mol. The zero-order valence-electron chi connectivity index (χ0n) is 15.8. The second kappa shape index (κ2) is 8.08. The van der Waals surface area contributed by atoms with E-state index in [2.05, 4.69) is 20.9 Å². The molecular formula is C22H22N4O2. The second-order valence-corrected chi connectivity index (χ2v) is 6.62. The number of anilines is 1. The summed E-state index contributed by atoms with van der Waals surface area (Å²) in [7, 11) is 1.68. The molecule has 0 saturated carbocycles. The summed E-state index contributed by atoms with van der Waals surface area (Å²) in [6.45, 7) is 2.88. The molecule has 4 rings (SSSR count). The Morgan fingerprint density at radius 2 is 1.79 bits per heavy atom. The Morgan fingerprint density at radius 1 is 0.964 bits per heavy atom. The summed E-state index contributed by atoms with van der Waals surface area (Å²) >= 11 is 0. The first-order chi connectivity index (χ1) is 13.8. The molecule has 0 spiro atoms. The molecule has 6 heteroatoms. The van der Waals surface area contributed by atoms with E-state index in [1.807, 2.05) is 47.4 Å². The van der Waals surface area contributed by atoms with Crippen molar-refractivity contribution in [2.45, 2.75) is 0 Å². The number of rotatable bonds is 4. The molecule has 1 amide bonds. The van der Waals surface area contributed by atoms with E-state index in [4.69, 9.17) is 4.74 Å². The van der Waals surface area contributed by atoms with Crippen LogP contribution in [0, 0.1) is 0 Å². The predicted molar refractivity (Wildman–Crippen MR) is 109 cm³/mol. The number of pyridine rings is 2. The maximum Gasteiger partial charge on any atom is 0.255 e. The molecule has 0 bridgehead atoms. The largest absolute Gasteiger partial charge is 0.495 e. The third-order valence-electron chi connectivity index (χ3n) is 4.96. The Kier molecular flexibility index (Phi) is 5.19. The van der Waals surface area contributed by atoms with Gasteiger partial charge in [-0.05, 0) is 36.4 Å². The highest BCUT2D eigenvalue weighted by Crippen LogP contribution is 2.28. The van der Waals surface area contributed by atoms with Gasteiger partial charge in [-0.25, -0.2) is 0 Å². The Hall–Kier alpha value is -3.41. The summed E-state index contributed by atoms with van der Waals surface area (Å²) in [5, 5.41) is 0. The van der Waals surface area contributed by atoms with Crippen LogP contribution in [0.1, 0.15) is 10.4 Å². The normalized spacial score (nSPS) is 14.0. The van der Waals surface area contributed by atoms with Crippen molar-refractivity contribution in [1.82, 2.24) is 14.9 Å². The van der Waals surface area contributed by atoms with Crippen LogP contribution in [0.2, 0.25) is 0 Å². The maximum absolute atomic E-state index is 12.8. The molecule has 6 nitrogen and oxygen atoms in total. The summed E-state index contributed by atoms with van der Waals surface area (Å²) in [6, 6.07) is 15.5. The zero-order valence-corrected chi connectivity index (χ0v) is 15.8. The van der Waals surface area contributed by atoms with Crippen LogP contribution < -0.4 is 9.64 Å². The predicted octanol–water partition coefficient (Wildman–Crippen LogP) is 3.11. The standard InChI is InChI=1S/C22H22N4O2/c1-28-21-7-3-2-6-20(21)25-11-13-26(14-12-25)22(27)18-8-9-19(24-16-18)17-5-4-10-23-15-17/h2-10,15-16H,11-14H2,1H3. The van der Waals surface area contributed by atoms with E-state index >= 15 is 0 Å². The molecule has 1 fully saturated rings. The number of aromatic nitrogens is 2. The number of hydrogen-bond donors (Lipinski definition) is 0. The van der Waals surface area contributed by atoms with Gasteiger partial charge in [0, 0.05) is 50.3 Å². The second-order valence-electron chi connectivity index (χ2n) is 6.62. The van der Waals surface area contributed by atoms with Crippen LogP contribution in [0.5, 0.6) is 5.75 Å². The Labute approximate surface area is 164 Å². The van der Waals surface area contributed by atoms with Crippen LogP contribution in [-0.2, 0) is 0 Å². The number of hydrogen-bond acceptors (Lipinski definition) is 5. The summed E-state index contributed by atoms with van der Waals surface area (Å²) in [4.78, 5) is 25.5. The van der Waals surface area contributed by atoms with Crippen LogP contribution >= 0.6 is 0 Å². The highest BCUT2D eigenvalue weighted by Gasteiger charge is 2.23. The maximum atomic E-state index is 12.8. The molecule has 1 aliphatic heterocycles. The van der Waals surface area contributed by atoms with E-state index in [9.17, 15) is 4.79 Å². The van der Waals surface area contributed by atoms with Gasteiger partial charge in [-0.3, -0.25) is 14.8 Å².